The molecule has 1 heterocycles. The molecule has 3 rings (SSSR count). The van der Waals surface area contributed by atoms with Gasteiger partial charge in [0.15, 0.2) is 0 Å². The van der Waals surface area contributed by atoms with Gasteiger partial charge in [0.25, 0.3) is 0 Å². The van der Waals surface area contributed by atoms with Crippen molar-refractivity contribution in [2.24, 2.45) is 17.4 Å². The zero-order chi connectivity index (χ0) is 30.8. The highest BCUT2D eigenvalue weighted by molar-refractivity contribution is 5.96. The number of piperazine rings is 1. The molecule has 0 atom stereocenters. The Morgan fingerprint density at radius 1 is 0.854 bits per heavy atom. The molecule has 1 saturated heterocycles. The number of nitrogens with two attached hydrogens (primary N) is 2. The number of anilines is 1. The standard InChI is InChI=1S/C23H30F6N4O2.C4H9NO/c24-22(25,26)16-11-17(23(27,28)29)13-19(12-16)33-9-7-32(8-10-33)6-5-15-1-3-18(4-2-15)31-21(35)14-20(30)34;1-2-3-4(5)6/h11-13,15,18H,1-10,14H2,(H2,30,34)(H,31,35);2-3H2,1H3,(H2,5,6). The normalized spacial score (nSPS) is 20.1. The van der Waals surface area contributed by atoms with E-state index in [1.54, 1.807) is 4.90 Å². The number of nitrogens with one attached hydrogen (secondary N) is 1. The lowest BCUT2D eigenvalue weighted by Crippen LogP contribution is -2.47. The van der Waals surface area contributed by atoms with Crippen LogP contribution in [0.5, 0.6) is 0 Å². The number of halogens is 6. The first-order valence-electron chi connectivity index (χ1n) is 13.7. The molecule has 14 heteroatoms. The van der Waals surface area contributed by atoms with Crippen LogP contribution in [0.2, 0.25) is 0 Å². The van der Waals surface area contributed by atoms with Crippen LogP contribution in [0.15, 0.2) is 18.2 Å². The van der Waals surface area contributed by atoms with Gasteiger partial charge in [0.05, 0.1) is 11.1 Å². The number of nitrogens with zero attached hydrogens (tertiary/aromatic N) is 2. The monoisotopic (exact) mass is 595 g/mol. The minimum Gasteiger partial charge on any atom is -0.370 e. The summed E-state index contributed by atoms with van der Waals surface area (Å²) in [4.78, 5) is 36.0. The summed E-state index contributed by atoms with van der Waals surface area (Å²) < 4.78 is 78.9. The van der Waals surface area contributed by atoms with Gasteiger partial charge in [0, 0.05) is 44.3 Å². The van der Waals surface area contributed by atoms with Crippen LogP contribution in [0.4, 0.5) is 32.0 Å². The zero-order valence-corrected chi connectivity index (χ0v) is 23.1. The predicted molar refractivity (Wildman–Crippen MR) is 142 cm³/mol. The first kappa shape index (κ1) is 34.2. The fourth-order valence-electron chi connectivity index (χ4n) is 4.99. The fraction of sp³-hybridized carbons (Fsp3) is 0.667. The summed E-state index contributed by atoms with van der Waals surface area (Å²) in [6, 6.07) is 1.75. The Morgan fingerprint density at radius 3 is 1.80 bits per heavy atom. The van der Waals surface area contributed by atoms with Crippen LogP contribution in [0.25, 0.3) is 0 Å². The maximum Gasteiger partial charge on any atom is 0.416 e. The van der Waals surface area contributed by atoms with Crippen molar-refractivity contribution in [3.8, 4) is 0 Å². The number of benzene rings is 1. The highest BCUT2D eigenvalue weighted by Crippen LogP contribution is 2.38. The molecule has 41 heavy (non-hydrogen) atoms. The van der Waals surface area contributed by atoms with E-state index in [1.807, 2.05) is 6.92 Å². The van der Waals surface area contributed by atoms with E-state index in [2.05, 4.69) is 10.2 Å². The van der Waals surface area contributed by atoms with Crippen LogP contribution < -0.4 is 21.7 Å². The molecule has 1 aromatic carbocycles. The van der Waals surface area contributed by atoms with E-state index in [4.69, 9.17) is 11.5 Å². The van der Waals surface area contributed by atoms with E-state index in [0.29, 0.717) is 38.5 Å². The van der Waals surface area contributed by atoms with Gasteiger partial charge in [-0.25, -0.2) is 0 Å². The van der Waals surface area contributed by atoms with Crippen molar-refractivity contribution in [2.45, 2.75) is 76.7 Å². The van der Waals surface area contributed by atoms with E-state index in [9.17, 15) is 40.7 Å². The Hall–Kier alpha value is -3.03. The smallest absolute Gasteiger partial charge is 0.370 e. The summed E-state index contributed by atoms with van der Waals surface area (Å²) in [6.45, 7) is 4.51. The van der Waals surface area contributed by atoms with Gasteiger partial charge in [0.1, 0.15) is 6.42 Å². The van der Waals surface area contributed by atoms with E-state index < -0.39 is 29.4 Å². The zero-order valence-electron chi connectivity index (χ0n) is 23.1. The molecule has 232 valence electrons. The summed E-state index contributed by atoms with van der Waals surface area (Å²) in [5.41, 5.74) is 7.12. The molecule has 0 spiro atoms. The maximum atomic E-state index is 13.1. The Bertz CT molecular complexity index is 985. The molecule has 0 bridgehead atoms. The molecule has 2 fully saturated rings. The summed E-state index contributed by atoms with van der Waals surface area (Å²) in [6.07, 6.45) is -4.22. The number of primary amides is 2. The number of hydrogen-bond acceptors (Lipinski definition) is 5. The molecule has 1 aliphatic carbocycles. The quantitative estimate of drug-likeness (QED) is 0.294. The lowest BCUT2D eigenvalue weighted by molar-refractivity contribution is -0.143. The van der Waals surface area contributed by atoms with Crippen molar-refractivity contribution >= 4 is 23.4 Å². The van der Waals surface area contributed by atoms with Crippen LogP contribution >= 0.6 is 0 Å². The molecule has 0 radical (unpaired) electrons. The summed E-state index contributed by atoms with van der Waals surface area (Å²) in [5, 5.41) is 2.83. The van der Waals surface area contributed by atoms with Crippen LogP contribution in [0.3, 0.4) is 0 Å². The SMILES string of the molecule is CCCC(N)=O.NC(=O)CC(=O)NC1CCC(CCN2CCN(c3cc(C(F)(F)F)cc(C(F)(F)F)c3)CC2)CC1. The number of alkyl halides is 6. The molecule has 1 aliphatic heterocycles. The van der Waals surface area contributed by atoms with E-state index >= 15 is 0 Å². The first-order chi connectivity index (χ1) is 19.1. The second-order valence-corrected chi connectivity index (χ2v) is 10.5. The summed E-state index contributed by atoms with van der Waals surface area (Å²) >= 11 is 0. The van der Waals surface area contributed by atoms with Crippen LogP contribution in [-0.4, -0.2) is 61.4 Å². The minimum absolute atomic E-state index is 0.0377. The van der Waals surface area contributed by atoms with Gasteiger partial charge in [-0.2, -0.15) is 26.3 Å². The number of amides is 3. The van der Waals surface area contributed by atoms with E-state index in [1.165, 1.54) is 0 Å². The lowest BCUT2D eigenvalue weighted by atomic mass is 9.84. The molecular formula is C27H39F6N5O3. The first-order valence-corrected chi connectivity index (χ1v) is 13.7. The molecule has 2 aliphatic rings. The number of hydrogen-bond donors (Lipinski definition) is 3. The maximum absolute atomic E-state index is 13.1. The second-order valence-electron chi connectivity index (χ2n) is 10.5. The van der Waals surface area contributed by atoms with Crippen molar-refractivity contribution in [3.63, 3.8) is 0 Å². The van der Waals surface area contributed by atoms with Crippen LogP contribution in [0, 0.1) is 5.92 Å². The van der Waals surface area contributed by atoms with Gasteiger partial charge < -0.3 is 21.7 Å². The van der Waals surface area contributed by atoms with Crippen molar-refractivity contribution in [1.29, 1.82) is 0 Å². The molecule has 5 N–H and O–H groups in total. The second kappa shape index (κ2) is 15.3. The minimum atomic E-state index is -4.86. The average molecular weight is 596 g/mol. The molecular weight excluding hydrogens is 556 g/mol. The Labute approximate surface area is 235 Å². The van der Waals surface area contributed by atoms with Gasteiger partial charge in [-0.05, 0) is 69.2 Å². The topological polar surface area (TPSA) is 122 Å². The van der Waals surface area contributed by atoms with Crippen molar-refractivity contribution < 1.29 is 40.7 Å². The molecule has 0 unspecified atom stereocenters. The van der Waals surface area contributed by atoms with Gasteiger partial charge in [0.2, 0.25) is 17.7 Å². The molecule has 8 nitrogen and oxygen atoms in total. The van der Waals surface area contributed by atoms with E-state index in [-0.39, 0.29) is 36.0 Å². The lowest BCUT2D eigenvalue weighted by Gasteiger charge is -2.37. The third-order valence-electron chi connectivity index (χ3n) is 7.21. The Morgan fingerprint density at radius 2 is 1.39 bits per heavy atom. The van der Waals surface area contributed by atoms with Crippen LogP contribution in [0.1, 0.15) is 69.4 Å². The molecule has 0 aromatic heterocycles. The average Bonchev–Trinajstić information content (AvgIpc) is 2.87. The van der Waals surface area contributed by atoms with Gasteiger partial charge in [-0.15, -0.1) is 0 Å². The Balaban J connectivity index is 0.000000883. The highest BCUT2D eigenvalue weighted by atomic mass is 19.4. The molecule has 3 amide bonds. The number of carbonyl (C=O) groups is 3. The fourth-order valence-corrected chi connectivity index (χ4v) is 4.99. The largest absolute Gasteiger partial charge is 0.416 e. The van der Waals surface area contributed by atoms with E-state index in [0.717, 1.165) is 57.2 Å². The van der Waals surface area contributed by atoms with Gasteiger partial charge in [-0.3, -0.25) is 19.3 Å². The predicted octanol–water partition coefficient (Wildman–Crippen LogP) is 4.06. The summed E-state index contributed by atoms with van der Waals surface area (Å²) in [7, 11) is 0. The summed E-state index contributed by atoms with van der Waals surface area (Å²) in [5.74, 6) is -0.750. The number of rotatable bonds is 9. The van der Waals surface area contributed by atoms with Gasteiger partial charge >= 0.3 is 12.4 Å². The number of carbonyl (C=O) groups excluding carboxylic acids is 3. The Kier molecular flexibility index (Phi) is 12.7. The van der Waals surface area contributed by atoms with Crippen molar-refractivity contribution in [3.05, 3.63) is 29.3 Å². The van der Waals surface area contributed by atoms with Crippen molar-refractivity contribution in [1.82, 2.24) is 10.2 Å². The highest BCUT2D eigenvalue weighted by Gasteiger charge is 2.37. The molecule has 1 saturated carbocycles. The third kappa shape index (κ3) is 12.2. The van der Waals surface area contributed by atoms with Crippen molar-refractivity contribution in [2.75, 3.05) is 37.6 Å². The van der Waals surface area contributed by atoms with Crippen LogP contribution in [-0.2, 0) is 26.7 Å². The molecule has 1 aromatic rings. The van der Waals surface area contributed by atoms with Gasteiger partial charge in [-0.1, -0.05) is 6.92 Å². The third-order valence-corrected chi connectivity index (χ3v) is 7.21.